The molecule has 1 aromatic carbocycles. The fraction of sp³-hybridized carbons (Fsp3) is 0.222. The normalized spacial score (nSPS) is 9.69. The highest BCUT2D eigenvalue weighted by atomic mass is 16.5. The van der Waals surface area contributed by atoms with Crippen LogP contribution in [0.2, 0.25) is 0 Å². The maximum Gasteiger partial charge on any atom is 0.274 e. The Bertz CT molecular complexity index is 323. The quantitative estimate of drug-likeness (QED) is 0.360. The van der Waals surface area contributed by atoms with Crippen LogP contribution in [0.15, 0.2) is 18.2 Å². The molecule has 70 valence electrons. The van der Waals surface area contributed by atoms with Gasteiger partial charge in [-0.15, -0.1) is 0 Å². The molecule has 1 aromatic rings. The SMILES string of the molecule is CCc1ccc(N)cc1C(=O)NO. The van der Waals surface area contributed by atoms with Gasteiger partial charge in [-0.05, 0) is 24.1 Å². The van der Waals surface area contributed by atoms with Gasteiger partial charge in [0.25, 0.3) is 5.91 Å². The minimum atomic E-state index is -0.524. The van der Waals surface area contributed by atoms with Crippen LogP contribution in [0.3, 0.4) is 0 Å². The molecule has 4 N–H and O–H groups in total. The monoisotopic (exact) mass is 180 g/mol. The Morgan fingerprint density at radius 1 is 1.62 bits per heavy atom. The molecule has 0 heterocycles. The van der Waals surface area contributed by atoms with Gasteiger partial charge in [0.2, 0.25) is 0 Å². The van der Waals surface area contributed by atoms with Crippen molar-refractivity contribution >= 4 is 11.6 Å². The first-order valence-electron chi connectivity index (χ1n) is 4.02. The van der Waals surface area contributed by atoms with Gasteiger partial charge in [-0.2, -0.15) is 0 Å². The third-order valence-corrected chi connectivity index (χ3v) is 1.86. The molecule has 0 unspecified atom stereocenters. The standard InChI is InChI=1S/C9H12N2O2/c1-2-6-3-4-7(10)5-8(6)9(12)11-13/h3-5,13H,2,10H2,1H3,(H,11,12). The van der Waals surface area contributed by atoms with Crippen LogP contribution in [0.1, 0.15) is 22.8 Å². The van der Waals surface area contributed by atoms with E-state index in [1.165, 1.54) is 0 Å². The number of carbonyl (C=O) groups is 1. The number of amides is 1. The number of nitrogen functional groups attached to an aromatic ring is 1. The van der Waals surface area contributed by atoms with Gasteiger partial charge in [-0.3, -0.25) is 10.0 Å². The third kappa shape index (κ3) is 1.97. The number of hydroxylamine groups is 1. The zero-order chi connectivity index (χ0) is 9.84. The Kier molecular flexibility index (Phi) is 2.87. The summed E-state index contributed by atoms with van der Waals surface area (Å²) in [5.41, 5.74) is 8.89. The number of nitrogens with one attached hydrogen (secondary N) is 1. The number of rotatable bonds is 2. The maximum atomic E-state index is 11.1. The van der Waals surface area contributed by atoms with Crippen LogP contribution in [-0.2, 0) is 6.42 Å². The largest absolute Gasteiger partial charge is 0.399 e. The van der Waals surface area contributed by atoms with E-state index in [1.807, 2.05) is 6.92 Å². The molecule has 0 aliphatic heterocycles. The fourth-order valence-corrected chi connectivity index (χ4v) is 1.17. The molecule has 4 nitrogen and oxygen atoms in total. The molecule has 0 aromatic heterocycles. The molecule has 0 saturated carbocycles. The van der Waals surface area contributed by atoms with E-state index in [0.717, 1.165) is 12.0 Å². The fourth-order valence-electron chi connectivity index (χ4n) is 1.17. The Balaban J connectivity index is 3.15. The van der Waals surface area contributed by atoms with E-state index in [2.05, 4.69) is 0 Å². The minimum absolute atomic E-state index is 0.421. The van der Waals surface area contributed by atoms with Crippen molar-refractivity contribution in [1.29, 1.82) is 0 Å². The van der Waals surface area contributed by atoms with E-state index >= 15 is 0 Å². The van der Waals surface area contributed by atoms with Crippen LogP contribution in [-0.4, -0.2) is 11.1 Å². The van der Waals surface area contributed by atoms with Crippen molar-refractivity contribution in [3.63, 3.8) is 0 Å². The summed E-state index contributed by atoms with van der Waals surface area (Å²) in [5, 5.41) is 8.46. The first-order valence-corrected chi connectivity index (χ1v) is 4.02. The smallest absolute Gasteiger partial charge is 0.274 e. The van der Waals surface area contributed by atoms with Gasteiger partial charge in [-0.25, -0.2) is 5.48 Å². The zero-order valence-corrected chi connectivity index (χ0v) is 7.37. The molecule has 0 aliphatic rings. The lowest BCUT2D eigenvalue weighted by Gasteiger charge is -2.06. The van der Waals surface area contributed by atoms with Gasteiger partial charge in [0, 0.05) is 11.3 Å². The summed E-state index contributed by atoms with van der Waals surface area (Å²) in [4.78, 5) is 11.1. The summed E-state index contributed by atoms with van der Waals surface area (Å²) >= 11 is 0. The number of aryl methyl sites for hydroxylation is 1. The predicted molar refractivity (Wildman–Crippen MR) is 49.5 cm³/mol. The molecule has 0 fully saturated rings. The third-order valence-electron chi connectivity index (χ3n) is 1.86. The molecule has 0 atom stereocenters. The molecule has 0 aliphatic carbocycles. The first kappa shape index (κ1) is 9.54. The highest BCUT2D eigenvalue weighted by molar-refractivity contribution is 5.95. The van der Waals surface area contributed by atoms with Crippen molar-refractivity contribution < 1.29 is 10.0 Å². The molecule has 0 saturated heterocycles. The Morgan fingerprint density at radius 3 is 2.85 bits per heavy atom. The Labute approximate surface area is 76.3 Å². The molecular weight excluding hydrogens is 168 g/mol. The summed E-state index contributed by atoms with van der Waals surface area (Å²) in [5.74, 6) is -0.524. The van der Waals surface area contributed by atoms with Crippen molar-refractivity contribution in [1.82, 2.24) is 5.48 Å². The van der Waals surface area contributed by atoms with Crippen molar-refractivity contribution in [2.75, 3.05) is 5.73 Å². The molecule has 1 amide bonds. The molecule has 0 spiro atoms. The second kappa shape index (κ2) is 3.91. The van der Waals surface area contributed by atoms with Gasteiger partial charge in [0.15, 0.2) is 0 Å². The lowest BCUT2D eigenvalue weighted by atomic mass is 10.0. The average Bonchev–Trinajstić information content (AvgIpc) is 2.16. The van der Waals surface area contributed by atoms with E-state index in [0.29, 0.717) is 11.3 Å². The minimum Gasteiger partial charge on any atom is -0.399 e. The van der Waals surface area contributed by atoms with Crippen LogP contribution >= 0.6 is 0 Å². The summed E-state index contributed by atoms with van der Waals surface area (Å²) in [6.45, 7) is 1.93. The lowest BCUT2D eigenvalue weighted by Crippen LogP contribution is -2.20. The van der Waals surface area contributed by atoms with Gasteiger partial charge >= 0.3 is 0 Å². The maximum absolute atomic E-state index is 11.1. The van der Waals surface area contributed by atoms with Crippen molar-refractivity contribution in [3.05, 3.63) is 29.3 Å². The Morgan fingerprint density at radius 2 is 2.31 bits per heavy atom. The molecule has 13 heavy (non-hydrogen) atoms. The van der Waals surface area contributed by atoms with Crippen LogP contribution in [0.5, 0.6) is 0 Å². The highest BCUT2D eigenvalue weighted by Gasteiger charge is 2.09. The van der Waals surface area contributed by atoms with Gasteiger partial charge in [0.1, 0.15) is 0 Å². The summed E-state index contributed by atoms with van der Waals surface area (Å²) < 4.78 is 0. The van der Waals surface area contributed by atoms with E-state index in [-0.39, 0.29) is 0 Å². The predicted octanol–water partition coefficient (Wildman–Crippen LogP) is 0.950. The molecule has 4 heteroatoms. The van der Waals surface area contributed by atoms with Crippen molar-refractivity contribution in [2.45, 2.75) is 13.3 Å². The lowest BCUT2D eigenvalue weighted by molar-refractivity contribution is 0.0705. The summed E-state index contributed by atoms with van der Waals surface area (Å²) in [6, 6.07) is 5.05. The van der Waals surface area contributed by atoms with Crippen molar-refractivity contribution in [2.24, 2.45) is 0 Å². The molecule has 0 bridgehead atoms. The average molecular weight is 180 g/mol. The number of hydrogen-bond acceptors (Lipinski definition) is 3. The van der Waals surface area contributed by atoms with Gasteiger partial charge in [-0.1, -0.05) is 13.0 Å². The van der Waals surface area contributed by atoms with E-state index in [9.17, 15) is 4.79 Å². The summed E-state index contributed by atoms with van der Waals surface area (Å²) in [6.07, 6.45) is 0.725. The zero-order valence-electron chi connectivity index (χ0n) is 7.37. The number of nitrogens with two attached hydrogens (primary N) is 1. The van der Waals surface area contributed by atoms with Crippen LogP contribution < -0.4 is 11.2 Å². The topological polar surface area (TPSA) is 75.4 Å². The van der Waals surface area contributed by atoms with Gasteiger partial charge in [0.05, 0.1) is 0 Å². The number of carbonyl (C=O) groups excluding carboxylic acids is 1. The van der Waals surface area contributed by atoms with Crippen LogP contribution in [0.4, 0.5) is 5.69 Å². The van der Waals surface area contributed by atoms with Crippen molar-refractivity contribution in [3.8, 4) is 0 Å². The van der Waals surface area contributed by atoms with E-state index < -0.39 is 5.91 Å². The Hall–Kier alpha value is -1.55. The number of hydrogen-bond donors (Lipinski definition) is 3. The van der Waals surface area contributed by atoms with Crippen LogP contribution in [0.25, 0.3) is 0 Å². The first-order chi connectivity index (χ1) is 6.19. The van der Waals surface area contributed by atoms with E-state index in [1.54, 1.807) is 23.7 Å². The molecule has 0 radical (unpaired) electrons. The van der Waals surface area contributed by atoms with Crippen LogP contribution in [0, 0.1) is 0 Å². The molecule has 1 rings (SSSR count). The second-order valence-corrected chi connectivity index (χ2v) is 2.71. The van der Waals surface area contributed by atoms with Gasteiger partial charge < -0.3 is 5.73 Å². The highest BCUT2D eigenvalue weighted by Crippen LogP contribution is 2.13. The number of benzene rings is 1. The molecular formula is C9H12N2O2. The summed E-state index contributed by atoms with van der Waals surface area (Å²) in [7, 11) is 0. The van der Waals surface area contributed by atoms with E-state index in [4.69, 9.17) is 10.9 Å². The number of anilines is 1. The second-order valence-electron chi connectivity index (χ2n) is 2.71.